The molecular weight excluding hydrogens is 342 g/mol. The summed E-state index contributed by atoms with van der Waals surface area (Å²) in [4.78, 5) is 23.4. The van der Waals surface area contributed by atoms with Crippen LogP contribution in [0.25, 0.3) is 11.0 Å². The topological polar surface area (TPSA) is 88.8 Å². The van der Waals surface area contributed by atoms with Gasteiger partial charge in [0.15, 0.2) is 11.3 Å². The van der Waals surface area contributed by atoms with Gasteiger partial charge in [-0.2, -0.15) is 0 Å². The van der Waals surface area contributed by atoms with Gasteiger partial charge < -0.3 is 19.6 Å². The molecule has 1 aromatic carbocycles. The average molecular weight is 356 g/mol. The van der Waals surface area contributed by atoms with Gasteiger partial charge >= 0.3 is 5.97 Å². The van der Waals surface area contributed by atoms with E-state index in [-0.39, 0.29) is 12.4 Å². The Hall–Kier alpha value is -1.86. The third-order valence-electron chi connectivity index (χ3n) is 3.00. The minimum absolute atomic E-state index is 0.0479. The van der Waals surface area contributed by atoms with Crippen LogP contribution in [0.3, 0.4) is 0 Å². The zero-order chi connectivity index (χ0) is 15.6. The van der Waals surface area contributed by atoms with Gasteiger partial charge in [0.2, 0.25) is 0 Å². The number of carboxylic acid groups (broad SMARTS) is 1. The molecule has 1 atom stereocenters. The van der Waals surface area contributed by atoms with E-state index in [9.17, 15) is 14.7 Å². The van der Waals surface area contributed by atoms with E-state index in [4.69, 9.17) is 9.15 Å². The number of carboxylic acids is 1. The summed E-state index contributed by atoms with van der Waals surface area (Å²) in [6.07, 6.45) is 0. The monoisotopic (exact) mass is 355 g/mol. The lowest BCUT2D eigenvalue weighted by Gasteiger charge is -2.24. The number of nitrogens with one attached hydrogen (secondary N) is 1. The van der Waals surface area contributed by atoms with Crippen LogP contribution in [-0.2, 0) is 9.53 Å². The maximum absolute atomic E-state index is 12.2. The number of methoxy groups -OCH3 is 1. The van der Waals surface area contributed by atoms with Crippen LogP contribution in [0.4, 0.5) is 0 Å². The summed E-state index contributed by atoms with van der Waals surface area (Å²) in [6, 6.07) is 6.88. The van der Waals surface area contributed by atoms with E-state index in [0.29, 0.717) is 5.58 Å². The maximum Gasteiger partial charge on any atom is 0.331 e. The van der Waals surface area contributed by atoms with Crippen molar-refractivity contribution in [2.45, 2.75) is 12.5 Å². The fraction of sp³-hybridized carbons (Fsp3) is 0.286. The van der Waals surface area contributed by atoms with Crippen molar-refractivity contribution in [3.63, 3.8) is 0 Å². The third kappa shape index (κ3) is 3.25. The summed E-state index contributed by atoms with van der Waals surface area (Å²) in [5.74, 6) is -1.74. The summed E-state index contributed by atoms with van der Waals surface area (Å²) in [5.41, 5.74) is -0.974. The highest BCUT2D eigenvalue weighted by Gasteiger charge is 2.36. The molecule has 0 saturated heterocycles. The standard InChI is InChI=1S/C14H14BrNO5/c1-14(7-20-2,13(18)19)16-12(17)11-6-8-5-9(15)3-4-10(8)21-11/h3-6H,7H2,1-2H3,(H,16,17)(H,18,19). The molecule has 2 aromatic rings. The van der Waals surface area contributed by atoms with E-state index < -0.39 is 17.4 Å². The van der Waals surface area contributed by atoms with Gasteiger partial charge in [-0.3, -0.25) is 4.79 Å². The summed E-state index contributed by atoms with van der Waals surface area (Å²) in [5, 5.41) is 12.4. The summed E-state index contributed by atoms with van der Waals surface area (Å²) in [7, 11) is 1.37. The molecule has 1 heterocycles. The lowest BCUT2D eigenvalue weighted by atomic mass is 10.0. The predicted octanol–water partition coefficient (Wildman–Crippen LogP) is 2.41. The van der Waals surface area contributed by atoms with Crippen LogP contribution in [-0.4, -0.2) is 36.2 Å². The van der Waals surface area contributed by atoms with Crippen LogP contribution in [0.1, 0.15) is 17.5 Å². The summed E-state index contributed by atoms with van der Waals surface area (Å²) >= 11 is 3.33. The number of amides is 1. The van der Waals surface area contributed by atoms with Crippen LogP contribution in [0.5, 0.6) is 0 Å². The minimum atomic E-state index is -1.52. The second-order valence-corrected chi connectivity index (χ2v) is 5.73. The van der Waals surface area contributed by atoms with Gasteiger partial charge in [-0.05, 0) is 31.2 Å². The summed E-state index contributed by atoms with van der Waals surface area (Å²) in [6.45, 7) is 1.22. The lowest BCUT2D eigenvalue weighted by molar-refractivity contribution is -0.145. The van der Waals surface area contributed by atoms with Crippen molar-refractivity contribution in [1.29, 1.82) is 0 Å². The molecule has 0 fully saturated rings. The van der Waals surface area contributed by atoms with Crippen LogP contribution in [0.15, 0.2) is 33.2 Å². The van der Waals surface area contributed by atoms with E-state index in [1.165, 1.54) is 14.0 Å². The number of aliphatic carboxylic acids is 1. The largest absolute Gasteiger partial charge is 0.479 e. The smallest absolute Gasteiger partial charge is 0.331 e. The Morgan fingerprint density at radius 2 is 2.14 bits per heavy atom. The van der Waals surface area contributed by atoms with Crippen LogP contribution in [0, 0.1) is 0 Å². The molecule has 0 spiro atoms. The Balaban J connectivity index is 2.27. The van der Waals surface area contributed by atoms with Gasteiger partial charge in [-0.25, -0.2) is 4.79 Å². The predicted molar refractivity (Wildman–Crippen MR) is 79.3 cm³/mol. The second kappa shape index (κ2) is 5.87. The number of benzene rings is 1. The molecular formula is C14H14BrNO5. The van der Waals surface area contributed by atoms with Gasteiger partial charge in [-0.1, -0.05) is 15.9 Å². The third-order valence-corrected chi connectivity index (χ3v) is 3.49. The first-order chi connectivity index (χ1) is 9.85. The van der Waals surface area contributed by atoms with Crippen molar-refractivity contribution in [2.75, 3.05) is 13.7 Å². The number of halogens is 1. The normalized spacial score (nSPS) is 13.9. The van der Waals surface area contributed by atoms with Crippen molar-refractivity contribution < 1.29 is 23.8 Å². The van der Waals surface area contributed by atoms with Crippen molar-refractivity contribution in [3.8, 4) is 0 Å². The lowest BCUT2D eigenvalue weighted by Crippen LogP contribution is -2.55. The first kappa shape index (κ1) is 15.5. The Labute approximate surface area is 129 Å². The number of carbonyl (C=O) groups excluding carboxylic acids is 1. The molecule has 2 rings (SSSR count). The Bertz CT molecular complexity index is 696. The zero-order valence-electron chi connectivity index (χ0n) is 11.5. The van der Waals surface area contributed by atoms with E-state index in [2.05, 4.69) is 21.2 Å². The SMILES string of the molecule is COCC(C)(NC(=O)c1cc2cc(Br)ccc2o1)C(=O)O. The first-order valence-electron chi connectivity index (χ1n) is 6.09. The van der Waals surface area contributed by atoms with E-state index >= 15 is 0 Å². The molecule has 0 aliphatic carbocycles. The van der Waals surface area contributed by atoms with Crippen molar-refractivity contribution in [3.05, 3.63) is 34.5 Å². The quantitative estimate of drug-likeness (QED) is 0.859. The number of ether oxygens (including phenoxy) is 1. The number of furan rings is 1. The fourth-order valence-electron chi connectivity index (χ4n) is 1.88. The highest BCUT2D eigenvalue weighted by atomic mass is 79.9. The van der Waals surface area contributed by atoms with E-state index in [0.717, 1.165) is 9.86 Å². The van der Waals surface area contributed by atoms with Gasteiger partial charge in [0.1, 0.15) is 5.58 Å². The van der Waals surface area contributed by atoms with E-state index in [1.807, 2.05) is 0 Å². The number of rotatable bonds is 5. The molecule has 0 saturated carbocycles. The number of hydrogen-bond donors (Lipinski definition) is 2. The molecule has 0 aliphatic heterocycles. The summed E-state index contributed by atoms with van der Waals surface area (Å²) < 4.78 is 11.1. The molecule has 2 N–H and O–H groups in total. The second-order valence-electron chi connectivity index (χ2n) is 4.82. The first-order valence-corrected chi connectivity index (χ1v) is 6.89. The molecule has 1 aromatic heterocycles. The van der Waals surface area contributed by atoms with Crippen molar-refractivity contribution in [1.82, 2.24) is 5.32 Å². The van der Waals surface area contributed by atoms with Gasteiger partial charge in [-0.15, -0.1) is 0 Å². The fourth-order valence-corrected chi connectivity index (χ4v) is 2.26. The molecule has 1 unspecified atom stereocenters. The maximum atomic E-state index is 12.2. The van der Waals surface area contributed by atoms with Gasteiger partial charge in [0.05, 0.1) is 6.61 Å². The molecule has 0 aliphatic rings. The Morgan fingerprint density at radius 3 is 2.76 bits per heavy atom. The highest BCUT2D eigenvalue weighted by Crippen LogP contribution is 2.23. The molecule has 112 valence electrons. The van der Waals surface area contributed by atoms with Gasteiger partial charge in [0.25, 0.3) is 5.91 Å². The molecule has 7 heteroatoms. The highest BCUT2D eigenvalue weighted by molar-refractivity contribution is 9.10. The van der Waals surface area contributed by atoms with Gasteiger partial charge in [0, 0.05) is 17.0 Å². The van der Waals surface area contributed by atoms with Crippen molar-refractivity contribution in [2.24, 2.45) is 0 Å². The van der Waals surface area contributed by atoms with Crippen molar-refractivity contribution >= 4 is 38.8 Å². The number of fused-ring (bicyclic) bond motifs is 1. The number of hydrogen-bond acceptors (Lipinski definition) is 4. The zero-order valence-corrected chi connectivity index (χ0v) is 13.1. The molecule has 6 nitrogen and oxygen atoms in total. The molecule has 1 amide bonds. The van der Waals surface area contributed by atoms with Crippen LogP contribution < -0.4 is 5.32 Å². The molecule has 0 radical (unpaired) electrons. The number of carbonyl (C=O) groups is 2. The Kier molecular flexibility index (Phi) is 4.34. The van der Waals surface area contributed by atoms with Crippen LogP contribution >= 0.6 is 15.9 Å². The van der Waals surface area contributed by atoms with E-state index in [1.54, 1.807) is 24.3 Å². The minimum Gasteiger partial charge on any atom is -0.479 e. The van der Waals surface area contributed by atoms with Crippen LogP contribution in [0.2, 0.25) is 0 Å². The molecule has 21 heavy (non-hydrogen) atoms. The average Bonchev–Trinajstić information content (AvgIpc) is 2.81. The molecule has 0 bridgehead atoms. The Morgan fingerprint density at radius 1 is 1.43 bits per heavy atom.